The van der Waals surface area contributed by atoms with Gasteiger partial charge in [-0.2, -0.15) is 0 Å². The van der Waals surface area contributed by atoms with Gasteiger partial charge in [-0.25, -0.2) is 0 Å². The molecule has 2 saturated heterocycles. The number of amides is 2. The number of para-hydroxylation sites is 1. The lowest BCUT2D eigenvalue weighted by Crippen LogP contribution is -2.58. The number of carbonyl (C=O) groups excluding carboxylic acids is 3. The van der Waals surface area contributed by atoms with E-state index in [2.05, 4.69) is 0 Å². The normalized spacial score (nSPS) is 30.9. The van der Waals surface area contributed by atoms with Crippen molar-refractivity contribution in [3.8, 4) is 0 Å². The van der Waals surface area contributed by atoms with E-state index in [9.17, 15) is 19.5 Å². The van der Waals surface area contributed by atoms with Crippen molar-refractivity contribution in [1.82, 2.24) is 4.90 Å². The number of carbonyl (C=O) groups is 3. The molecule has 6 rings (SSSR count). The van der Waals surface area contributed by atoms with Crippen LogP contribution in [0.1, 0.15) is 24.0 Å². The first-order valence-corrected chi connectivity index (χ1v) is 14.5. The molecule has 0 aromatic heterocycles. The van der Waals surface area contributed by atoms with Crippen LogP contribution < -0.4 is 4.90 Å². The zero-order valence-electron chi connectivity index (χ0n) is 22.8. The minimum absolute atomic E-state index is 0.206. The lowest BCUT2D eigenvalue weighted by Gasteiger charge is -2.39. The van der Waals surface area contributed by atoms with Crippen molar-refractivity contribution in [2.45, 2.75) is 50.0 Å². The van der Waals surface area contributed by atoms with Gasteiger partial charge in [-0.15, -0.1) is 0 Å². The number of hydrogen-bond acceptors (Lipinski definition) is 6. The second kappa shape index (κ2) is 11.1. The molecule has 4 heterocycles. The van der Waals surface area contributed by atoms with E-state index in [4.69, 9.17) is 21.1 Å². The molecule has 0 radical (unpaired) electrons. The fraction of sp³-hybridized carbons (Fsp3) is 0.406. The summed E-state index contributed by atoms with van der Waals surface area (Å²) in [6.07, 6.45) is 8.34. The Balaban J connectivity index is 1.50. The Hall–Kier alpha value is -3.46. The summed E-state index contributed by atoms with van der Waals surface area (Å²) in [5.74, 6) is -3.21. The van der Waals surface area contributed by atoms with Crippen LogP contribution in [0, 0.1) is 18.8 Å². The van der Waals surface area contributed by atoms with Crippen molar-refractivity contribution < 1.29 is 29.0 Å². The van der Waals surface area contributed by atoms with Crippen molar-refractivity contribution in [3.63, 3.8) is 0 Å². The number of fused-ring (bicyclic) bond motifs is 2. The Morgan fingerprint density at radius 1 is 1.07 bits per heavy atom. The van der Waals surface area contributed by atoms with Crippen molar-refractivity contribution in [3.05, 3.63) is 89.0 Å². The van der Waals surface area contributed by atoms with Gasteiger partial charge in [0.25, 0.3) is 5.91 Å². The van der Waals surface area contributed by atoms with E-state index < -0.39 is 47.5 Å². The van der Waals surface area contributed by atoms with Crippen molar-refractivity contribution in [2.75, 3.05) is 24.7 Å². The van der Waals surface area contributed by atoms with Crippen LogP contribution in [0.25, 0.3) is 0 Å². The molecule has 0 aliphatic carbocycles. The predicted molar refractivity (Wildman–Crippen MR) is 153 cm³/mol. The van der Waals surface area contributed by atoms with E-state index in [-0.39, 0.29) is 25.7 Å². The number of halogens is 1. The Kier molecular flexibility index (Phi) is 7.49. The van der Waals surface area contributed by atoms with E-state index in [1.54, 1.807) is 17.0 Å². The second-order valence-electron chi connectivity index (χ2n) is 11.1. The minimum atomic E-state index is -1.43. The van der Waals surface area contributed by atoms with E-state index in [0.29, 0.717) is 30.0 Å². The third-order valence-electron chi connectivity index (χ3n) is 8.67. The van der Waals surface area contributed by atoms with Gasteiger partial charge in [0.1, 0.15) is 17.6 Å². The summed E-state index contributed by atoms with van der Waals surface area (Å²) in [5, 5.41) is 11.1. The predicted octanol–water partition coefficient (Wildman–Crippen LogP) is 3.63. The molecular formula is C32H33ClN2O6. The molecule has 2 fully saturated rings. The molecule has 4 aliphatic rings. The summed E-state index contributed by atoms with van der Waals surface area (Å²) < 4.78 is 12.3. The number of ether oxygens (including phenoxy) is 2. The summed E-state index contributed by atoms with van der Waals surface area (Å²) in [5.41, 5.74) is 0.840. The summed E-state index contributed by atoms with van der Waals surface area (Å²) in [7, 11) is 0. The second-order valence-corrected chi connectivity index (χ2v) is 11.5. The Bertz CT molecular complexity index is 1390. The van der Waals surface area contributed by atoms with E-state index in [1.165, 1.54) is 4.90 Å². The fourth-order valence-corrected chi connectivity index (χ4v) is 7.21. The molecule has 9 heteroatoms. The average Bonchev–Trinajstić information content (AvgIpc) is 3.38. The summed E-state index contributed by atoms with van der Waals surface area (Å²) in [6, 6.07) is 13.1. The molecule has 0 saturated carbocycles. The smallest absolute Gasteiger partial charge is 0.312 e. The number of cyclic esters (lactones) is 1. The van der Waals surface area contributed by atoms with Crippen LogP contribution in [0.4, 0.5) is 5.69 Å². The Morgan fingerprint density at radius 3 is 2.63 bits per heavy atom. The topological polar surface area (TPSA) is 96.4 Å². The highest BCUT2D eigenvalue weighted by atomic mass is 35.5. The van der Waals surface area contributed by atoms with Gasteiger partial charge in [0.2, 0.25) is 5.91 Å². The lowest BCUT2D eigenvalue weighted by molar-refractivity contribution is -0.155. The van der Waals surface area contributed by atoms with Crippen LogP contribution in [-0.2, 0) is 30.3 Å². The number of likely N-dealkylation sites (tertiary alicyclic amines) is 1. The lowest BCUT2D eigenvalue weighted by atomic mass is 9.78. The molecular weight excluding hydrogens is 544 g/mol. The number of benzene rings is 2. The van der Waals surface area contributed by atoms with Crippen molar-refractivity contribution in [2.24, 2.45) is 11.8 Å². The van der Waals surface area contributed by atoms with Gasteiger partial charge < -0.3 is 24.4 Å². The number of hydrogen-bond donors (Lipinski definition) is 1. The molecule has 214 valence electrons. The summed E-state index contributed by atoms with van der Waals surface area (Å²) >= 11 is 6.63. The first-order valence-electron chi connectivity index (χ1n) is 14.1. The summed E-state index contributed by atoms with van der Waals surface area (Å²) in [6.45, 7) is 1.95. The maximum atomic E-state index is 14.7. The number of esters is 1. The first-order chi connectivity index (χ1) is 19.9. The average molecular weight is 577 g/mol. The van der Waals surface area contributed by atoms with Crippen molar-refractivity contribution in [1.29, 1.82) is 0 Å². The van der Waals surface area contributed by atoms with Crippen LogP contribution in [0.5, 0.6) is 0 Å². The SMILES string of the molecule is Cc1cccc(Cl)c1N1CC=C[C@]23O[C@H]4/C=C\CCCOC(=O)[C@H]4[C@H]2C(=O)N([C@@H](CO)Cc2ccccc2)C3C1=O. The molecule has 1 spiro atoms. The third-order valence-corrected chi connectivity index (χ3v) is 8.97. The third kappa shape index (κ3) is 4.58. The number of rotatable bonds is 5. The number of nitrogens with zero attached hydrogens (tertiary/aromatic N) is 2. The highest BCUT2D eigenvalue weighted by Crippen LogP contribution is 2.54. The number of allylic oxidation sites excluding steroid dienone is 1. The van der Waals surface area contributed by atoms with Gasteiger partial charge in [0.05, 0.1) is 42.0 Å². The monoisotopic (exact) mass is 576 g/mol. The first kappa shape index (κ1) is 27.7. The zero-order chi connectivity index (χ0) is 28.7. The molecule has 2 amide bonds. The highest BCUT2D eigenvalue weighted by Gasteiger charge is 2.72. The standard InChI is InChI=1S/C32H33ClN2O6/c1-20-10-8-13-23(33)27(20)34-16-9-15-32-26(25-24(41-32)14-6-3-7-17-40-31(25)39)29(37)35(28(32)30(34)38)22(19-36)18-21-11-4-2-5-12-21/h2,4-6,8-15,22,24-26,28,36H,3,7,16-19H2,1H3/b14-6-/t22-,24+,25-,26+,28?,32+/m1/s1. The molecule has 1 unspecified atom stereocenters. The maximum absolute atomic E-state index is 14.7. The largest absolute Gasteiger partial charge is 0.465 e. The van der Waals surface area contributed by atoms with E-state index >= 15 is 0 Å². The van der Waals surface area contributed by atoms with E-state index in [0.717, 1.165) is 11.1 Å². The fourth-order valence-electron chi connectivity index (χ4n) is 6.89. The van der Waals surface area contributed by atoms with Gasteiger partial charge >= 0.3 is 5.97 Å². The number of anilines is 1. The summed E-state index contributed by atoms with van der Waals surface area (Å²) in [4.78, 5) is 45.7. The molecule has 2 aromatic rings. The minimum Gasteiger partial charge on any atom is -0.465 e. The molecule has 2 aromatic carbocycles. The van der Waals surface area contributed by atoms with Gasteiger partial charge in [0.15, 0.2) is 0 Å². The van der Waals surface area contributed by atoms with Crippen LogP contribution in [0.3, 0.4) is 0 Å². The molecule has 1 N–H and O–H groups in total. The Labute approximate surface area is 244 Å². The van der Waals surface area contributed by atoms with Gasteiger partial charge in [-0.1, -0.05) is 78.4 Å². The van der Waals surface area contributed by atoms with Crippen LogP contribution in [0.15, 0.2) is 72.8 Å². The number of aryl methyl sites for hydroxylation is 1. The molecule has 8 nitrogen and oxygen atoms in total. The van der Waals surface area contributed by atoms with Crippen LogP contribution in [-0.4, -0.2) is 71.3 Å². The van der Waals surface area contributed by atoms with E-state index in [1.807, 2.05) is 67.6 Å². The molecule has 41 heavy (non-hydrogen) atoms. The number of aliphatic hydroxyl groups is 1. The molecule has 4 aliphatic heterocycles. The van der Waals surface area contributed by atoms with Gasteiger partial charge in [-0.05, 0) is 43.4 Å². The van der Waals surface area contributed by atoms with Gasteiger partial charge in [0, 0.05) is 6.54 Å². The number of aliphatic hydroxyl groups excluding tert-OH is 1. The maximum Gasteiger partial charge on any atom is 0.312 e. The molecule has 6 atom stereocenters. The molecule has 0 bridgehead atoms. The zero-order valence-corrected chi connectivity index (χ0v) is 23.6. The Morgan fingerprint density at radius 2 is 1.88 bits per heavy atom. The van der Waals surface area contributed by atoms with Crippen molar-refractivity contribution >= 4 is 35.1 Å². The van der Waals surface area contributed by atoms with Gasteiger partial charge in [-0.3, -0.25) is 14.4 Å². The van der Waals surface area contributed by atoms with Crippen LogP contribution in [0.2, 0.25) is 5.02 Å². The van der Waals surface area contributed by atoms with Crippen LogP contribution >= 0.6 is 11.6 Å². The highest BCUT2D eigenvalue weighted by molar-refractivity contribution is 6.34. The quantitative estimate of drug-likeness (QED) is 0.431.